The van der Waals surface area contributed by atoms with Crippen LogP contribution in [-0.4, -0.2) is 55.1 Å². The molecular formula is C21H27NO3. The van der Waals surface area contributed by atoms with Crippen LogP contribution >= 0.6 is 0 Å². The molecule has 0 aliphatic carbocycles. The Labute approximate surface area is 150 Å². The third-order valence-electron chi connectivity index (χ3n) is 4.61. The molecule has 3 rings (SSSR count). The Bertz CT molecular complexity index is 580. The molecule has 2 aromatic rings. The van der Waals surface area contributed by atoms with E-state index in [-0.39, 0.29) is 6.10 Å². The third-order valence-corrected chi connectivity index (χ3v) is 4.61. The van der Waals surface area contributed by atoms with Gasteiger partial charge in [-0.25, -0.2) is 0 Å². The summed E-state index contributed by atoms with van der Waals surface area (Å²) in [5, 5.41) is 10.5. The van der Waals surface area contributed by atoms with Crippen LogP contribution in [0.25, 0.3) is 0 Å². The molecular weight excluding hydrogens is 314 g/mol. The van der Waals surface area contributed by atoms with Crippen molar-refractivity contribution in [2.24, 2.45) is 0 Å². The van der Waals surface area contributed by atoms with Crippen LogP contribution in [0.5, 0.6) is 0 Å². The lowest BCUT2D eigenvalue weighted by Gasteiger charge is -2.34. The Balaban J connectivity index is 1.62. The van der Waals surface area contributed by atoms with Gasteiger partial charge >= 0.3 is 0 Å². The number of morpholine rings is 1. The van der Waals surface area contributed by atoms with Crippen molar-refractivity contribution in [2.45, 2.75) is 25.2 Å². The van der Waals surface area contributed by atoms with E-state index in [1.54, 1.807) is 0 Å². The van der Waals surface area contributed by atoms with E-state index in [0.717, 1.165) is 30.9 Å². The predicted octanol–water partition coefficient (Wildman–Crippen LogP) is 2.87. The van der Waals surface area contributed by atoms with Crippen molar-refractivity contribution in [3.63, 3.8) is 0 Å². The minimum Gasteiger partial charge on any atom is -0.389 e. The molecule has 4 heteroatoms. The van der Waals surface area contributed by atoms with E-state index in [0.29, 0.717) is 19.2 Å². The lowest BCUT2D eigenvalue weighted by molar-refractivity contribution is -0.0462. The van der Waals surface area contributed by atoms with Gasteiger partial charge in [0.1, 0.15) is 6.10 Å². The van der Waals surface area contributed by atoms with Crippen LogP contribution in [-0.2, 0) is 9.47 Å². The average Bonchev–Trinajstić information content (AvgIpc) is 2.66. The molecule has 0 saturated carbocycles. The molecule has 25 heavy (non-hydrogen) atoms. The maximum absolute atomic E-state index is 10.5. The van der Waals surface area contributed by atoms with Gasteiger partial charge in [0.15, 0.2) is 0 Å². The summed E-state index contributed by atoms with van der Waals surface area (Å²) in [6.07, 6.45) is -0.686. The molecule has 2 atom stereocenters. The van der Waals surface area contributed by atoms with Gasteiger partial charge in [0.2, 0.25) is 0 Å². The first kappa shape index (κ1) is 18.1. The van der Waals surface area contributed by atoms with E-state index in [9.17, 15) is 5.11 Å². The van der Waals surface area contributed by atoms with Gasteiger partial charge in [0.05, 0.1) is 25.9 Å². The average molecular weight is 341 g/mol. The molecule has 1 N–H and O–H groups in total. The van der Waals surface area contributed by atoms with Crippen LogP contribution < -0.4 is 0 Å². The molecule has 4 nitrogen and oxygen atoms in total. The van der Waals surface area contributed by atoms with Crippen molar-refractivity contribution in [1.82, 2.24) is 4.90 Å². The van der Waals surface area contributed by atoms with Crippen molar-refractivity contribution < 1.29 is 14.6 Å². The molecule has 0 radical (unpaired) electrons. The number of benzene rings is 2. The molecule has 1 heterocycles. The van der Waals surface area contributed by atoms with E-state index in [2.05, 4.69) is 36.1 Å². The van der Waals surface area contributed by atoms with Crippen LogP contribution in [0.15, 0.2) is 60.7 Å². The highest BCUT2D eigenvalue weighted by molar-refractivity contribution is 5.29. The summed E-state index contributed by atoms with van der Waals surface area (Å²) in [6, 6.07) is 20.6. The summed E-state index contributed by atoms with van der Waals surface area (Å²) in [5.41, 5.74) is 2.20. The second-order valence-corrected chi connectivity index (χ2v) is 6.61. The number of rotatable bonds is 7. The third kappa shape index (κ3) is 5.13. The maximum atomic E-state index is 10.5. The number of aliphatic hydroxyl groups is 1. The van der Waals surface area contributed by atoms with Crippen LogP contribution in [0.4, 0.5) is 0 Å². The smallest absolute Gasteiger partial charge is 0.108 e. The number of hydrogen-bond donors (Lipinski definition) is 1. The van der Waals surface area contributed by atoms with Gasteiger partial charge in [0, 0.05) is 19.1 Å². The van der Waals surface area contributed by atoms with Gasteiger partial charge < -0.3 is 14.6 Å². The fourth-order valence-corrected chi connectivity index (χ4v) is 3.20. The van der Waals surface area contributed by atoms with Crippen LogP contribution in [0.3, 0.4) is 0 Å². The van der Waals surface area contributed by atoms with Crippen molar-refractivity contribution >= 4 is 0 Å². The molecule has 0 spiro atoms. The monoisotopic (exact) mass is 341 g/mol. The summed E-state index contributed by atoms with van der Waals surface area (Å²) in [4.78, 5) is 2.26. The van der Waals surface area contributed by atoms with E-state index in [4.69, 9.17) is 9.47 Å². The first-order chi connectivity index (χ1) is 12.2. The summed E-state index contributed by atoms with van der Waals surface area (Å²) in [6.45, 7) is 5.36. The highest BCUT2D eigenvalue weighted by atomic mass is 16.5. The number of β-amino-alcohol motifs (C(OH)–C–C–N with tert-alkyl or cyclic N) is 1. The second kappa shape index (κ2) is 9.11. The van der Waals surface area contributed by atoms with E-state index < -0.39 is 6.10 Å². The Morgan fingerprint density at radius 2 is 1.68 bits per heavy atom. The van der Waals surface area contributed by atoms with Gasteiger partial charge in [-0.3, -0.25) is 4.90 Å². The molecule has 2 unspecified atom stereocenters. The Kier molecular flexibility index (Phi) is 6.59. The standard InChI is InChI=1S/C21H27NO3/c1-17-15-24-13-12-22(17)14-20(23)16-25-21(18-8-4-2-5-9-18)19-10-6-3-7-11-19/h2-11,17,20-21,23H,12-16H2,1H3. The molecule has 2 aromatic carbocycles. The zero-order valence-electron chi connectivity index (χ0n) is 14.8. The van der Waals surface area contributed by atoms with Gasteiger partial charge in [-0.1, -0.05) is 60.7 Å². The Hall–Kier alpha value is -1.72. The first-order valence-electron chi connectivity index (χ1n) is 8.95. The normalized spacial score (nSPS) is 19.9. The van der Waals surface area contributed by atoms with Gasteiger partial charge in [-0.2, -0.15) is 0 Å². The molecule has 1 saturated heterocycles. The summed E-state index contributed by atoms with van der Waals surface area (Å²) in [5.74, 6) is 0. The van der Waals surface area contributed by atoms with Gasteiger partial charge in [-0.05, 0) is 18.1 Å². The molecule has 0 aromatic heterocycles. The molecule has 1 fully saturated rings. The fraction of sp³-hybridized carbons (Fsp3) is 0.429. The quantitative estimate of drug-likeness (QED) is 0.841. The van der Waals surface area contributed by atoms with Crippen LogP contribution in [0.2, 0.25) is 0 Å². The second-order valence-electron chi connectivity index (χ2n) is 6.61. The molecule has 1 aliphatic heterocycles. The SMILES string of the molecule is CC1COCCN1CC(O)COC(c1ccccc1)c1ccccc1. The van der Waals surface area contributed by atoms with Crippen molar-refractivity contribution in [2.75, 3.05) is 32.9 Å². The molecule has 1 aliphatic rings. The lowest BCUT2D eigenvalue weighted by Crippen LogP contribution is -2.47. The van der Waals surface area contributed by atoms with Crippen molar-refractivity contribution in [3.8, 4) is 0 Å². The predicted molar refractivity (Wildman–Crippen MR) is 98.5 cm³/mol. The Morgan fingerprint density at radius 1 is 1.08 bits per heavy atom. The highest BCUT2D eigenvalue weighted by Crippen LogP contribution is 2.26. The minimum absolute atomic E-state index is 0.167. The van der Waals surface area contributed by atoms with Gasteiger partial charge in [0.25, 0.3) is 0 Å². The highest BCUT2D eigenvalue weighted by Gasteiger charge is 2.22. The fourth-order valence-electron chi connectivity index (χ4n) is 3.20. The van der Waals surface area contributed by atoms with Crippen molar-refractivity contribution in [3.05, 3.63) is 71.8 Å². The topological polar surface area (TPSA) is 41.9 Å². The molecule has 0 bridgehead atoms. The number of nitrogens with zero attached hydrogens (tertiary/aromatic N) is 1. The van der Waals surface area contributed by atoms with E-state index in [1.165, 1.54) is 0 Å². The van der Waals surface area contributed by atoms with Crippen molar-refractivity contribution in [1.29, 1.82) is 0 Å². The molecule has 0 amide bonds. The maximum Gasteiger partial charge on any atom is 0.108 e. The number of hydrogen-bond acceptors (Lipinski definition) is 4. The largest absolute Gasteiger partial charge is 0.389 e. The summed E-state index contributed by atoms with van der Waals surface area (Å²) in [7, 11) is 0. The summed E-state index contributed by atoms with van der Waals surface area (Å²) < 4.78 is 11.6. The lowest BCUT2D eigenvalue weighted by atomic mass is 10.0. The number of aliphatic hydroxyl groups excluding tert-OH is 1. The zero-order chi connectivity index (χ0) is 17.5. The Morgan fingerprint density at radius 3 is 2.24 bits per heavy atom. The van der Waals surface area contributed by atoms with E-state index in [1.807, 2.05) is 36.4 Å². The summed E-state index contributed by atoms with van der Waals surface area (Å²) >= 11 is 0. The zero-order valence-corrected chi connectivity index (χ0v) is 14.8. The molecule has 134 valence electrons. The number of ether oxygens (including phenoxy) is 2. The van der Waals surface area contributed by atoms with Gasteiger partial charge in [-0.15, -0.1) is 0 Å². The minimum atomic E-state index is -0.518. The first-order valence-corrected chi connectivity index (χ1v) is 8.95. The van der Waals surface area contributed by atoms with E-state index >= 15 is 0 Å². The van der Waals surface area contributed by atoms with Crippen LogP contribution in [0, 0.1) is 0 Å². The van der Waals surface area contributed by atoms with Crippen LogP contribution in [0.1, 0.15) is 24.2 Å².